The van der Waals surface area contributed by atoms with Crippen LogP contribution in [0.25, 0.3) is 22.7 Å². The highest BCUT2D eigenvalue weighted by Gasteiger charge is 2.07. The second-order valence-electron chi connectivity index (χ2n) is 3.47. The minimum Gasteiger partial charge on any atom is -0.335 e. The number of rotatable bonds is 1. The Kier molecular flexibility index (Phi) is 2.57. The summed E-state index contributed by atoms with van der Waals surface area (Å²) in [7, 11) is 0. The van der Waals surface area contributed by atoms with E-state index in [4.69, 9.17) is 11.6 Å². The van der Waals surface area contributed by atoms with Crippen molar-refractivity contribution in [3.63, 3.8) is 0 Å². The molecule has 0 aliphatic carbocycles. The van der Waals surface area contributed by atoms with Crippen molar-refractivity contribution in [1.29, 1.82) is 0 Å². The quantitative estimate of drug-likeness (QED) is 0.749. The van der Waals surface area contributed by atoms with Crippen LogP contribution in [0.15, 0.2) is 35.1 Å². The van der Waals surface area contributed by atoms with Gasteiger partial charge in [0, 0.05) is 16.9 Å². The fraction of sp³-hybridized carbons (Fsp3) is 0. The summed E-state index contributed by atoms with van der Waals surface area (Å²) in [6, 6.07) is 5.52. The molecule has 3 heterocycles. The summed E-state index contributed by atoms with van der Waals surface area (Å²) in [6.07, 6.45) is 3.30. The van der Waals surface area contributed by atoms with Crippen LogP contribution in [0.3, 0.4) is 0 Å². The molecule has 0 fully saturated rings. The topological polar surface area (TPSA) is 54.5 Å². The lowest BCUT2D eigenvalue weighted by atomic mass is 10.3. The average Bonchev–Trinajstić information content (AvgIpc) is 2.72. The van der Waals surface area contributed by atoms with Crippen LogP contribution in [0.1, 0.15) is 0 Å². The SMILES string of the molecule is Clc1ccc(-c2nc3ncc(Br)cc3[nH]2)nc1. The highest BCUT2D eigenvalue weighted by atomic mass is 79.9. The second kappa shape index (κ2) is 4.09. The molecule has 0 atom stereocenters. The third-order valence-corrected chi connectivity index (χ3v) is 2.93. The number of hydrogen-bond donors (Lipinski definition) is 1. The van der Waals surface area contributed by atoms with Gasteiger partial charge in [0.25, 0.3) is 0 Å². The molecule has 0 spiro atoms. The zero-order valence-electron chi connectivity index (χ0n) is 8.48. The van der Waals surface area contributed by atoms with Gasteiger partial charge in [0.2, 0.25) is 0 Å². The van der Waals surface area contributed by atoms with Crippen molar-refractivity contribution in [2.45, 2.75) is 0 Å². The van der Waals surface area contributed by atoms with Crippen LogP contribution in [-0.2, 0) is 0 Å². The van der Waals surface area contributed by atoms with Crippen molar-refractivity contribution in [3.8, 4) is 11.5 Å². The van der Waals surface area contributed by atoms with E-state index in [1.54, 1.807) is 18.5 Å². The number of hydrogen-bond acceptors (Lipinski definition) is 3. The summed E-state index contributed by atoms with van der Waals surface area (Å²) in [6.45, 7) is 0. The van der Waals surface area contributed by atoms with E-state index in [2.05, 4.69) is 35.9 Å². The Labute approximate surface area is 110 Å². The van der Waals surface area contributed by atoms with Crippen molar-refractivity contribution in [3.05, 3.63) is 40.1 Å². The normalized spacial score (nSPS) is 10.9. The van der Waals surface area contributed by atoms with Crippen LogP contribution in [0, 0.1) is 0 Å². The fourth-order valence-corrected chi connectivity index (χ4v) is 1.95. The second-order valence-corrected chi connectivity index (χ2v) is 4.82. The van der Waals surface area contributed by atoms with Gasteiger partial charge >= 0.3 is 0 Å². The lowest BCUT2D eigenvalue weighted by Gasteiger charge is -1.94. The van der Waals surface area contributed by atoms with E-state index in [1.807, 2.05) is 12.1 Å². The Morgan fingerprint density at radius 2 is 2.06 bits per heavy atom. The lowest BCUT2D eigenvalue weighted by Crippen LogP contribution is -1.84. The molecule has 4 nitrogen and oxygen atoms in total. The third kappa shape index (κ3) is 2.03. The Bertz CT molecular complexity index is 678. The molecule has 3 aromatic rings. The van der Waals surface area contributed by atoms with E-state index in [1.165, 1.54) is 0 Å². The maximum Gasteiger partial charge on any atom is 0.178 e. The molecule has 0 amide bonds. The first-order valence-electron chi connectivity index (χ1n) is 4.85. The van der Waals surface area contributed by atoms with Crippen molar-refractivity contribution >= 4 is 38.7 Å². The maximum atomic E-state index is 5.79. The minimum absolute atomic E-state index is 0.603. The van der Waals surface area contributed by atoms with Crippen LogP contribution in [0.5, 0.6) is 0 Å². The van der Waals surface area contributed by atoms with Gasteiger partial charge in [-0.15, -0.1) is 0 Å². The summed E-state index contributed by atoms with van der Waals surface area (Å²) in [4.78, 5) is 15.9. The number of fused-ring (bicyclic) bond motifs is 1. The van der Waals surface area contributed by atoms with Crippen LogP contribution >= 0.6 is 27.5 Å². The Hall–Kier alpha value is -1.46. The van der Waals surface area contributed by atoms with E-state index < -0.39 is 0 Å². The molecular weight excluding hydrogens is 304 g/mol. The zero-order valence-corrected chi connectivity index (χ0v) is 10.8. The molecule has 0 saturated heterocycles. The predicted octanol–water partition coefficient (Wildman–Crippen LogP) is 3.44. The van der Waals surface area contributed by atoms with Gasteiger partial charge in [-0.3, -0.25) is 4.98 Å². The van der Waals surface area contributed by atoms with E-state index in [-0.39, 0.29) is 0 Å². The van der Waals surface area contributed by atoms with Crippen molar-refractivity contribution in [2.24, 2.45) is 0 Å². The fourth-order valence-electron chi connectivity index (χ4n) is 1.51. The first kappa shape index (κ1) is 10.7. The highest BCUT2D eigenvalue weighted by Crippen LogP contribution is 2.20. The standard InChI is InChI=1S/C11H6BrClN4/c12-6-3-9-10(15-4-6)17-11(16-9)8-2-1-7(13)5-14-8/h1-5H,(H,15,16,17). The average molecular weight is 310 g/mol. The van der Waals surface area contributed by atoms with Gasteiger partial charge in [0.1, 0.15) is 5.69 Å². The molecule has 0 aliphatic rings. The number of H-pyrrole nitrogens is 1. The molecule has 0 aliphatic heterocycles. The third-order valence-electron chi connectivity index (χ3n) is 2.27. The largest absolute Gasteiger partial charge is 0.335 e. The lowest BCUT2D eigenvalue weighted by molar-refractivity contribution is 1.23. The van der Waals surface area contributed by atoms with Gasteiger partial charge < -0.3 is 4.98 Å². The van der Waals surface area contributed by atoms with E-state index in [0.717, 1.165) is 15.7 Å². The number of halogens is 2. The van der Waals surface area contributed by atoms with Crippen molar-refractivity contribution in [1.82, 2.24) is 19.9 Å². The molecule has 0 bridgehead atoms. The van der Waals surface area contributed by atoms with E-state index in [0.29, 0.717) is 16.5 Å². The van der Waals surface area contributed by atoms with Crippen LogP contribution in [0.4, 0.5) is 0 Å². The molecule has 0 aromatic carbocycles. The van der Waals surface area contributed by atoms with Gasteiger partial charge in [0.15, 0.2) is 11.5 Å². The molecular formula is C11H6BrClN4. The summed E-state index contributed by atoms with van der Waals surface area (Å²) < 4.78 is 0.907. The number of aromatic amines is 1. The van der Waals surface area contributed by atoms with Crippen molar-refractivity contribution < 1.29 is 0 Å². The summed E-state index contributed by atoms with van der Waals surface area (Å²) in [5.41, 5.74) is 2.27. The molecule has 17 heavy (non-hydrogen) atoms. The summed E-state index contributed by atoms with van der Waals surface area (Å²) in [5, 5.41) is 0.603. The Morgan fingerprint density at radius 3 is 2.82 bits per heavy atom. The monoisotopic (exact) mass is 308 g/mol. The molecule has 3 aromatic heterocycles. The first-order valence-corrected chi connectivity index (χ1v) is 6.03. The van der Waals surface area contributed by atoms with Crippen molar-refractivity contribution in [2.75, 3.05) is 0 Å². The van der Waals surface area contributed by atoms with Gasteiger partial charge in [0.05, 0.1) is 10.5 Å². The Morgan fingerprint density at radius 1 is 1.18 bits per heavy atom. The van der Waals surface area contributed by atoms with Gasteiger partial charge in [-0.1, -0.05) is 11.6 Å². The number of aromatic nitrogens is 4. The summed E-state index contributed by atoms with van der Waals surface area (Å²) in [5.74, 6) is 0.683. The van der Waals surface area contributed by atoms with Gasteiger partial charge in [-0.2, -0.15) is 0 Å². The summed E-state index contributed by atoms with van der Waals surface area (Å²) >= 11 is 9.15. The molecule has 84 valence electrons. The minimum atomic E-state index is 0.603. The van der Waals surface area contributed by atoms with E-state index in [9.17, 15) is 0 Å². The van der Waals surface area contributed by atoms with Gasteiger partial charge in [-0.25, -0.2) is 9.97 Å². The van der Waals surface area contributed by atoms with Crippen LogP contribution in [-0.4, -0.2) is 19.9 Å². The predicted molar refractivity (Wildman–Crippen MR) is 69.8 cm³/mol. The number of nitrogens with one attached hydrogen (secondary N) is 1. The molecule has 6 heteroatoms. The molecule has 1 N–H and O–H groups in total. The number of pyridine rings is 2. The number of imidazole rings is 1. The van der Waals surface area contributed by atoms with Crippen LogP contribution in [0.2, 0.25) is 5.02 Å². The van der Waals surface area contributed by atoms with E-state index >= 15 is 0 Å². The Balaban J connectivity index is 2.14. The first-order chi connectivity index (χ1) is 8.22. The molecule has 3 rings (SSSR count). The molecule has 0 saturated carbocycles. The molecule has 0 unspecified atom stereocenters. The van der Waals surface area contributed by atoms with Gasteiger partial charge in [-0.05, 0) is 34.1 Å². The maximum absolute atomic E-state index is 5.79. The number of nitrogens with zero attached hydrogens (tertiary/aromatic N) is 3. The highest BCUT2D eigenvalue weighted by molar-refractivity contribution is 9.10. The zero-order chi connectivity index (χ0) is 11.8. The smallest absolute Gasteiger partial charge is 0.178 e. The molecule has 0 radical (unpaired) electrons. The van der Waals surface area contributed by atoms with Crippen LogP contribution < -0.4 is 0 Å².